The fraction of sp³-hybridized carbons (Fsp3) is 0.409. The van der Waals surface area contributed by atoms with E-state index in [1.54, 1.807) is 12.1 Å². The predicted molar refractivity (Wildman–Crippen MR) is 126 cm³/mol. The van der Waals surface area contributed by atoms with Crippen LogP contribution in [-0.4, -0.2) is 48.8 Å². The van der Waals surface area contributed by atoms with Gasteiger partial charge < -0.3 is 16.0 Å². The maximum absolute atomic E-state index is 12.8. The largest absolute Gasteiger partial charge is 0.352 e. The molecule has 1 saturated heterocycles. The van der Waals surface area contributed by atoms with Crippen LogP contribution in [0.25, 0.3) is 0 Å². The third-order valence-corrected chi connectivity index (χ3v) is 7.61. The molecule has 1 fully saturated rings. The Bertz CT molecular complexity index is 1080. The monoisotopic (exact) mass is 493 g/mol. The minimum atomic E-state index is -3.74. The highest BCUT2D eigenvalue weighted by molar-refractivity contribution is 7.89. The van der Waals surface area contributed by atoms with Crippen LogP contribution in [0.15, 0.2) is 47.5 Å². The van der Waals surface area contributed by atoms with Crippen LogP contribution in [0, 0.1) is 5.92 Å². The molecule has 3 rings (SSSR count). The van der Waals surface area contributed by atoms with Crippen LogP contribution in [-0.2, 0) is 21.4 Å². The fourth-order valence-electron chi connectivity index (χ4n) is 3.53. The zero-order valence-corrected chi connectivity index (χ0v) is 20.1. The van der Waals surface area contributed by atoms with Crippen molar-refractivity contribution in [1.82, 2.24) is 19.9 Å². The highest BCUT2D eigenvalue weighted by Crippen LogP contribution is 2.27. The van der Waals surface area contributed by atoms with Crippen LogP contribution in [0.1, 0.15) is 32.3 Å². The first kappa shape index (κ1) is 24.9. The summed E-state index contributed by atoms with van der Waals surface area (Å²) in [4.78, 5) is 28.2. The number of benzene rings is 1. The number of hydrogen-bond donors (Lipinski definition) is 3. The van der Waals surface area contributed by atoms with Gasteiger partial charge in [-0.25, -0.2) is 18.2 Å². The summed E-state index contributed by atoms with van der Waals surface area (Å²) in [5, 5.41) is 8.35. The quantitative estimate of drug-likeness (QED) is 0.512. The maximum Gasteiger partial charge on any atom is 0.319 e. The molecule has 1 aliphatic heterocycles. The number of nitrogens with one attached hydrogen (secondary N) is 3. The highest BCUT2D eigenvalue weighted by atomic mass is 35.5. The van der Waals surface area contributed by atoms with Gasteiger partial charge in [-0.2, -0.15) is 4.31 Å². The SMILES string of the molecule is CC(C)NC(=O)Nc1ccc(CNC(=O)C2CCN(S(=O)(=O)c3cccnc3Cl)CC2)cc1. The fourth-order valence-corrected chi connectivity index (χ4v) is 5.43. The van der Waals surface area contributed by atoms with Gasteiger partial charge in [0, 0.05) is 43.5 Å². The van der Waals surface area contributed by atoms with E-state index in [0.717, 1.165) is 5.56 Å². The molecule has 178 valence electrons. The molecule has 2 aromatic rings. The average molecular weight is 494 g/mol. The number of carbonyl (C=O) groups is 2. The topological polar surface area (TPSA) is 120 Å². The lowest BCUT2D eigenvalue weighted by atomic mass is 9.97. The Hall–Kier alpha value is -2.69. The number of urea groups is 1. The van der Waals surface area contributed by atoms with Crippen LogP contribution in [0.4, 0.5) is 10.5 Å². The lowest BCUT2D eigenvalue weighted by Crippen LogP contribution is -2.42. The molecule has 3 amide bonds. The highest BCUT2D eigenvalue weighted by Gasteiger charge is 2.33. The number of pyridine rings is 1. The first-order valence-corrected chi connectivity index (χ1v) is 12.5. The van der Waals surface area contributed by atoms with Gasteiger partial charge in [0.25, 0.3) is 0 Å². The Labute approximate surface area is 199 Å². The molecule has 1 aromatic carbocycles. The lowest BCUT2D eigenvalue weighted by Gasteiger charge is -2.30. The van der Waals surface area contributed by atoms with Gasteiger partial charge in [0.15, 0.2) is 0 Å². The van der Waals surface area contributed by atoms with Crippen LogP contribution in [0.5, 0.6) is 0 Å². The summed E-state index contributed by atoms with van der Waals surface area (Å²) in [5.74, 6) is -0.369. The van der Waals surface area contributed by atoms with E-state index < -0.39 is 10.0 Å². The van der Waals surface area contributed by atoms with Gasteiger partial charge in [0.2, 0.25) is 15.9 Å². The van der Waals surface area contributed by atoms with E-state index in [1.807, 2.05) is 26.0 Å². The van der Waals surface area contributed by atoms with Crippen LogP contribution >= 0.6 is 11.6 Å². The van der Waals surface area contributed by atoms with Gasteiger partial charge in [-0.05, 0) is 56.5 Å². The number of hydrogen-bond acceptors (Lipinski definition) is 5. The van der Waals surface area contributed by atoms with E-state index in [4.69, 9.17) is 11.6 Å². The molecule has 0 spiro atoms. The summed E-state index contributed by atoms with van der Waals surface area (Å²) in [6.07, 6.45) is 2.29. The van der Waals surface area contributed by atoms with Gasteiger partial charge in [-0.15, -0.1) is 0 Å². The first-order chi connectivity index (χ1) is 15.7. The summed E-state index contributed by atoms with van der Waals surface area (Å²) in [6.45, 7) is 4.59. The number of sulfonamides is 1. The second-order valence-corrected chi connectivity index (χ2v) is 10.4. The third kappa shape index (κ3) is 6.66. The Morgan fingerprint density at radius 2 is 1.82 bits per heavy atom. The number of aromatic nitrogens is 1. The van der Waals surface area contributed by atoms with Crippen molar-refractivity contribution in [3.63, 3.8) is 0 Å². The summed E-state index contributed by atoms with van der Waals surface area (Å²) in [7, 11) is -3.74. The zero-order chi connectivity index (χ0) is 24.0. The number of anilines is 1. The molecule has 11 heteroatoms. The van der Waals surface area contributed by atoms with Crippen molar-refractivity contribution >= 4 is 39.2 Å². The van der Waals surface area contributed by atoms with Gasteiger partial charge >= 0.3 is 6.03 Å². The number of piperidine rings is 1. The van der Waals surface area contributed by atoms with E-state index >= 15 is 0 Å². The van der Waals surface area contributed by atoms with Gasteiger partial charge in [0.1, 0.15) is 10.0 Å². The molecule has 0 atom stereocenters. The molecule has 0 bridgehead atoms. The van der Waals surface area contributed by atoms with E-state index in [9.17, 15) is 18.0 Å². The van der Waals surface area contributed by atoms with Gasteiger partial charge in [-0.3, -0.25) is 4.79 Å². The minimum absolute atomic E-state index is 0.0193. The number of rotatable bonds is 7. The zero-order valence-electron chi connectivity index (χ0n) is 18.5. The number of amides is 3. The second kappa shape index (κ2) is 11.0. The second-order valence-electron chi connectivity index (χ2n) is 8.14. The maximum atomic E-state index is 12.8. The van der Waals surface area contributed by atoms with Gasteiger partial charge in [0.05, 0.1) is 0 Å². The molecule has 1 aromatic heterocycles. The summed E-state index contributed by atoms with van der Waals surface area (Å²) in [6, 6.07) is 9.94. The molecule has 0 saturated carbocycles. The molecule has 33 heavy (non-hydrogen) atoms. The summed E-state index contributed by atoms with van der Waals surface area (Å²) < 4.78 is 27.0. The minimum Gasteiger partial charge on any atom is -0.352 e. The van der Waals surface area contributed by atoms with E-state index in [2.05, 4.69) is 20.9 Å². The lowest BCUT2D eigenvalue weighted by molar-refractivity contribution is -0.126. The Kier molecular flexibility index (Phi) is 8.28. The predicted octanol–water partition coefficient (Wildman–Crippen LogP) is 2.98. The van der Waals surface area contributed by atoms with E-state index in [1.165, 1.54) is 22.6 Å². The molecule has 0 aliphatic carbocycles. The molecule has 2 heterocycles. The normalized spacial score (nSPS) is 15.3. The summed E-state index contributed by atoms with van der Waals surface area (Å²) in [5.41, 5.74) is 1.55. The molecule has 9 nitrogen and oxygen atoms in total. The standard InChI is InChI=1S/C22H28ClN5O4S/c1-15(2)26-22(30)27-18-7-5-16(6-8-18)14-25-21(29)17-9-12-28(13-10-17)33(31,32)19-4-3-11-24-20(19)23/h3-8,11,15,17H,9-10,12-14H2,1-2H3,(H,25,29)(H2,26,27,30). The van der Waals surface area contributed by atoms with Gasteiger partial charge in [-0.1, -0.05) is 23.7 Å². The van der Waals surface area contributed by atoms with Crippen LogP contribution < -0.4 is 16.0 Å². The third-order valence-electron chi connectivity index (χ3n) is 5.27. The number of halogens is 1. The van der Waals surface area contributed by atoms with E-state index in [-0.39, 0.29) is 47.0 Å². The summed E-state index contributed by atoms with van der Waals surface area (Å²) >= 11 is 5.96. The van der Waals surface area contributed by atoms with E-state index in [0.29, 0.717) is 25.1 Å². The smallest absolute Gasteiger partial charge is 0.319 e. The van der Waals surface area contributed by atoms with Crippen LogP contribution in [0.2, 0.25) is 5.15 Å². The first-order valence-electron chi connectivity index (χ1n) is 10.7. The van der Waals surface area contributed by atoms with Crippen molar-refractivity contribution in [2.75, 3.05) is 18.4 Å². The molecular formula is C22H28ClN5O4S. The Balaban J connectivity index is 1.48. The molecule has 1 aliphatic rings. The van der Waals surface area contributed by atoms with Crippen LogP contribution in [0.3, 0.4) is 0 Å². The van der Waals surface area contributed by atoms with Crippen molar-refractivity contribution < 1.29 is 18.0 Å². The van der Waals surface area contributed by atoms with Crippen molar-refractivity contribution in [3.05, 3.63) is 53.3 Å². The number of nitrogens with zero attached hydrogens (tertiary/aromatic N) is 2. The molecule has 3 N–H and O–H groups in total. The molecule has 0 radical (unpaired) electrons. The number of carbonyl (C=O) groups excluding carboxylic acids is 2. The molecular weight excluding hydrogens is 466 g/mol. The van der Waals surface area contributed by atoms with Crippen molar-refractivity contribution in [3.8, 4) is 0 Å². The average Bonchev–Trinajstić information content (AvgIpc) is 2.78. The van der Waals surface area contributed by atoms with Crippen molar-refractivity contribution in [1.29, 1.82) is 0 Å². The molecule has 0 unspecified atom stereocenters. The van der Waals surface area contributed by atoms with Crippen molar-refractivity contribution in [2.24, 2.45) is 5.92 Å². The Morgan fingerprint density at radius 1 is 1.15 bits per heavy atom. The van der Waals surface area contributed by atoms with Crippen molar-refractivity contribution in [2.45, 2.75) is 44.2 Å². The Morgan fingerprint density at radius 3 is 2.42 bits per heavy atom.